The van der Waals surface area contributed by atoms with Crippen LogP contribution in [0.1, 0.15) is 5.89 Å². The summed E-state index contributed by atoms with van der Waals surface area (Å²) >= 11 is 0. The summed E-state index contributed by atoms with van der Waals surface area (Å²) < 4.78 is 16.9. The molecule has 0 saturated heterocycles. The van der Waals surface area contributed by atoms with Crippen molar-refractivity contribution in [2.24, 2.45) is 5.73 Å². The Balaban J connectivity index is 1.83. The molecule has 33 heavy (non-hydrogen) atoms. The highest BCUT2D eigenvalue weighted by Crippen LogP contribution is 2.34. The van der Waals surface area contributed by atoms with Gasteiger partial charge in [0.2, 0.25) is 5.89 Å². The van der Waals surface area contributed by atoms with Crippen molar-refractivity contribution in [1.82, 2.24) is 20.5 Å². The molecule has 0 atom stereocenters. The lowest BCUT2D eigenvalue weighted by atomic mass is 10.1. The van der Waals surface area contributed by atoms with E-state index < -0.39 is 6.03 Å². The van der Waals surface area contributed by atoms with Crippen LogP contribution in [0, 0.1) is 0 Å². The molecule has 1 aromatic heterocycles. The number of hydrogen-bond acceptors (Lipinski definition) is 6. The van der Waals surface area contributed by atoms with Gasteiger partial charge in [-0.05, 0) is 48.5 Å². The SMILES string of the molecule is COc1ccc(-c2nc(CNC(=O)N(C)C)oc2-c2ccc(OCCNC(N)=O)cc2)cc1. The fourth-order valence-corrected chi connectivity index (χ4v) is 2.94. The minimum atomic E-state index is -0.595. The van der Waals surface area contributed by atoms with Crippen LogP contribution in [0.4, 0.5) is 9.59 Å². The van der Waals surface area contributed by atoms with Crippen molar-refractivity contribution in [2.75, 3.05) is 34.4 Å². The Bertz CT molecular complexity index is 1080. The van der Waals surface area contributed by atoms with E-state index in [0.29, 0.717) is 29.6 Å². The summed E-state index contributed by atoms with van der Waals surface area (Å²) in [6, 6.07) is 13.9. The van der Waals surface area contributed by atoms with Gasteiger partial charge in [0.25, 0.3) is 0 Å². The fourth-order valence-electron chi connectivity index (χ4n) is 2.94. The quantitative estimate of drug-likeness (QED) is 0.427. The first-order valence-corrected chi connectivity index (χ1v) is 10.2. The minimum Gasteiger partial charge on any atom is -0.497 e. The van der Waals surface area contributed by atoms with Crippen LogP contribution in [-0.4, -0.2) is 56.3 Å². The molecule has 0 aliphatic heterocycles. The third-order valence-electron chi connectivity index (χ3n) is 4.62. The first kappa shape index (κ1) is 23.5. The predicted octanol–water partition coefficient (Wildman–Crippen LogP) is 2.84. The Kier molecular flexibility index (Phi) is 7.74. The molecule has 0 radical (unpaired) electrons. The second-order valence-electron chi connectivity index (χ2n) is 7.23. The lowest BCUT2D eigenvalue weighted by Gasteiger charge is -2.10. The second-order valence-corrected chi connectivity index (χ2v) is 7.23. The zero-order chi connectivity index (χ0) is 23.8. The first-order chi connectivity index (χ1) is 15.9. The largest absolute Gasteiger partial charge is 0.497 e. The van der Waals surface area contributed by atoms with E-state index in [0.717, 1.165) is 16.9 Å². The Morgan fingerprint density at radius 3 is 2.24 bits per heavy atom. The van der Waals surface area contributed by atoms with E-state index in [1.807, 2.05) is 36.4 Å². The number of nitrogens with zero attached hydrogens (tertiary/aromatic N) is 2. The van der Waals surface area contributed by atoms with Gasteiger partial charge >= 0.3 is 12.1 Å². The highest BCUT2D eigenvalue weighted by molar-refractivity contribution is 5.77. The molecule has 174 valence electrons. The van der Waals surface area contributed by atoms with Gasteiger partial charge in [-0.2, -0.15) is 0 Å². The Labute approximate surface area is 191 Å². The van der Waals surface area contributed by atoms with Gasteiger partial charge in [-0.15, -0.1) is 0 Å². The van der Waals surface area contributed by atoms with Gasteiger partial charge in [0.15, 0.2) is 5.76 Å². The van der Waals surface area contributed by atoms with E-state index in [1.54, 1.807) is 33.3 Å². The Hall–Kier alpha value is -4.21. The van der Waals surface area contributed by atoms with Crippen LogP contribution in [0.15, 0.2) is 52.9 Å². The molecule has 10 nitrogen and oxygen atoms in total. The zero-order valence-electron chi connectivity index (χ0n) is 18.8. The van der Waals surface area contributed by atoms with E-state index in [9.17, 15) is 9.59 Å². The van der Waals surface area contributed by atoms with Gasteiger partial charge in [-0.3, -0.25) is 0 Å². The molecule has 4 N–H and O–H groups in total. The smallest absolute Gasteiger partial charge is 0.317 e. The summed E-state index contributed by atoms with van der Waals surface area (Å²) in [5.74, 6) is 2.31. The lowest BCUT2D eigenvalue weighted by Crippen LogP contribution is -2.33. The fraction of sp³-hybridized carbons (Fsp3) is 0.261. The van der Waals surface area contributed by atoms with Gasteiger partial charge in [0.1, 0.15) is 23.8 Å². The van der Waals surface area contributed by atoms with Gasteiger partial charge in [-0.1, -0.05) is 0 Å². The van der Waals surface area contributed by atoms with Crippen molar-refractivity contribution in [2.45, 2.75) is 6.54 Å². The zero-order valence-corrected chi connectivity index (χ0v) is 18.8. The van der Waals surface area contributed by atoms with Crippen LogP contribution < -0.4 is 25.8 Å². The van der Waals surface area contributed by atoms with Crippen LogP contribution in [0.5, 0.6) is 11.5 Å². The van der Waals surface area contributed by atoms with Crippen LogP contribution in [-0.2, 0) is 6.54 Å². The van der Waals surface area contributed by atoms with E-state index in [2.05, 4.69) is 15.6 Å². The standard InChI is InChI=1S/C23H27N5O5/c1-28(2)23(30)26-14-19-27-20(15-4-8-17(31-3)9-5-15)21(33-19)16-6-10-18(11-7-16)32-13-12-25-22(24)29/h4-11H,12-14H2,1-3H3,(H,26,30)(H3,24,25,29). The van der Waals surface area contributed by atoms with Crippen LogP contribution in [0.3, 0.4) is 0 Å². The molecule has 0 fully saturated rings. The summed E-state index contributed by atoms with van der Waals surface area (Å²) in [7, 11) is 4.93. The molecular formula is C23H27N5O5. The van der Waals surface area contributed by atoms with E-state index in [4.69, 9.17) is 19.6 Å². The topological polar surface area (TPSA) is 132 Å². The lowest BCUT2D eigenvalue weighted by molar-refractivity contribution is 0.216. The summed E-state index contributed by atoms with van der Waals surface area (Å²) in [6.45, 7) is 0.745. The van der Waals surface area contributed by atoms with Gasteiger partial charge < -0.3 is 35.2 Å². The second kappa shape index (κ2) is 10.9. The van der Waals surface area contributed by atoms with E-state index >= 15 is 0 Å². The number of carbonyl (C=O) groups is 2. The van der Waals surface area contributed by atoms with Crippen molar-refractivity contribution < 1.29 is 23.5 Å². The summed E-state index contributed by atoms with van der Waals surface area (Å²) in [6.07, 6.45) is 0. The third kappa shape index (κ3) is 6.39. The normalized spacial score (nSPS) is 10.4. The highest BCUT2D eigenvalue weighted by atomic mass is 16.5. The number of carbonyl (C=O) groups excluding carboxylic acids is 2. The molecule has 0 spiro atoms. The molecule has 0 aliphatic rings. The molecular weight excluding hydrogens is 426 g/mol. The van der Waals surface area contributed by atoms with Crippen LogP contribution in [0.2, 0.25) is 0 Å². The maximum Gasteiger partial charge on any atom is 0.317 e. The van der Waals surface area contributed by atoms with Gasteiger partial charge in [0.05, 0.1) is 20.2 Å². The van der Waals surface area contributed by atoms with Crippen LogP contribution >= 0.6 is 0 Å². The third-order valence-corrected chi connectivity index (χ3v) is 4.62. The number of ether oxygens (including phenoxy) is 2. The number of urea groups is 2. The van der Waals surface area contributed by atoms with Crippen LogP contribution in [0.25, 0.3) is 22.6 Å². The van der Waals surface area contributed by atoms with E-state index in [1.165, 1.54) is 4.90 Å². The molecule has 3 rings (SSSR count). The van der Waals surface area contributed by atoms with Crippen molar-refractivity contribution in [3.05, 3.63) is 54.4 Å². The van der Waals surface area contributed by atoms with Crippen molar-refractivity contribution in [3.63, 3.8) is 0 Å². The number of methoxy groups -OCH3 is 1. The maximum absolute atomic E-state index is 11.9. The van der Waals surface area contributed by atoms with E-state index in [-0.39, 0.29) is 19.2 Å². The molecule has 1 heterocycles. The van der Waals surface area contributed by atoms with Crippen molar-refractivity contribution in [1.29, 1.82) is 0 Å². The molecule has 0 saturated carbocycles. The maximum atomic E-state index is 11.9. The highest BCUT2D eigenvalue weighted by Gasteiger charge is 2.18. The predicted molar refractivity (Wildman–Crippen MR) is 123 cm³/mol. The van der Waals surface area contributed by atoms with Crippen molar-refractivity contribution in [3.8, 4) is 34.1 Å². The number of primary amides is 1. The number of oxazole rings is 1. The number of nitrogens with two attached hydrogens (primary N) is 1. The average Bonchev–Trinajstić information content (AvgIpc) is 3.24. The number of hydrogen-bond donors (Lipinski definition) is 3. The Morgan fingerprint density at radius 2 is 1.64 bits per heavy atom. The number of amides is 4. The summed E-state index contributed by atoms with van der Waals surface area (Å²) in [4.78, 5) is 28.7. The molecule has 0 bridgehead atoms. The van der Waals surface area contributed by atoms with Gasteiger partial charge in [-0.25, -0.2) is 14.6 Å². The molecule has 4 amide bonds. The number of rotatable bonds is 9. The Morgan fingerprint density at radius 1 is 1.00 bits per heavy atom. The number of aromatic nitrogens is 1. The molecule has 0 unspecified atom stereocenters. The molecule has 2 aromatic carbocycles. The average molecular weight is 453 g/mol. The summed E-state index contributed by atoms with van der Waals surface area (Å²) in [5, 5.41) is 5.22. The number of nitrogens with one attached hydrogen (secondary N) is 2. The van der Waals surface area contributed by atoms with Crippen molar-refractivity contribution >= 4 is 12.1 Å². The minimum absolute atomic E-state index is 0.147. The molecule has 3 aromatic rings. The molecule has 0 aliphatic carbocycles. The summed E-state index contributed by atoms with van der Waals surface area (Å²) in [5.41, 5.74) is 7.32. The monoisotopic (exact) mass is 453 g/mol. The number of benzene rings is 2. The molecule has 10 heteroatoms. The first-order valence-electron chi connectivity index (χ1n) is 10.2. The van der Waals surface area contributed by atoms with Gasteiger partial charge in [0, 0.05) is 25.2 Å².